The van der Waals surface area contributed by atoms with E-state index in [-0.39, 0.29) is 5.91 Å². The van der Waals surface area contributed by atoms with Gasteiger partial charge in [-0.15, -0.1) is 0 Å². The average molecular weight is 347 g/mol. The lowest BCUT2D eigenvalue weighted by Gasteiger charge is -2.48. The predicted molar refractivity (Wildman–Crippen MR) is 97.2 cm³/mol. The number of hydrogen-bond donors (Lipinski definition) is 2. The smallest absolute Gasteiger partial charge is 0.326 e. The summed E-state index contributed by atoms with van der Waals surface area (Å²) in [6.45, 7) is 0. The molecule has 3 aromatic rings. The SMILES string of the molecule is CN1c2ccccc2C(=O)N2C(C(=O)O)Cc3c([nH]c4ccccc34)C12. The summed E-state index contributed by atoms with van der Waals surface area (Å²) in [5.41, 5.74) is 4.19. The van der Waals surface area contributed by atoms with Gasteiger partial charge in [-0.3, -0.25) is 9.69 Å². The predicted octanol–water partition coefficient (Wildman–Crippen LogP) is 2.77. The Bertz CT molecular complexity index is 1070. The second-order valence-corrected chi connectivity index (χ2v) is 6.84. The first-order valence-electron chi connectivity index (χ1n) is 8.54. The van der Waals surface area contributed by atoms with Gasteiger partial charge in [0.1, 0.15) is 12.2 Å². The van der Waals surface area contributed by atoms with Crippen LogP contribution >= 0.6 is 0 Å². The number of aromatic amines is 1. The first kappa shape index (κ1) is 15.0. The molecule has 2 aliphatic rings. The molecule has 0 aliphatic carbocycles. The van der Waals surface area contributed by atoms with Gasteiger partial charge in [-0.05, 0) is 23.8 Å². The van der Waals surface area contributed by atoms with Crippen LogP contribution in [0.15, 0.2) is 48.5 Å². The molecule has 0 fully saturated rings. The van der Waals surface area contributed by atoms with E-state index in [9.17, 15) is 14.7 Å². The number of amides is 1. The standard InChI is InChI=1S/C20H17N3O3/c1-22-15-9-5-3-7-12(15)19(24)23-16(20(25)26)10-13-11-6-2-4-8-14(11)21-17(13)18(22)23/h2-9,16,18,21H,10H2,1H3,(H,25,26). The first-order valence-corrected chi connectivity index (χ1v) is 8.54. The van der Waals surface area contributed by atoms with Crippen LogP contribution < -0.4 is 4.90 Å². The number of benzene rings is 2. The van der Waals surface area contributed by atoms with E-state index in [2.05, 4.69) is 4.98 Å². The summed E-state index contributed by atoms with van der Waals surface area (Å²) in [6, 6.07) is 14.3. The zero-order chi connectivity index (χ0) is 18.0. The Labute approximate surface area is 149 Å². The lowest BCUT2D eigenvalue weighted by molar-refractivity contribution is -0.143. The minimum absolute atomic E-state index is 0.236. The molecule has 2 aliphatic heterocycles. The number of carbonyl (C=O) groups excluding carboxylic acids is 1. The fourth-order valence-corrected chi connectivity index (χ4v) is 4.33. The van der Waals surface area contributed by atoms with Crippen molar-refractivity contribution in [1.82, 2.24) is 9.88 Å². The van der Waals surface area contributed by atoms with Gasteiger partial charge in [-0.1, -0.05) is 30.3 Å². The fraction of sp³-hybridized carbons (Fsp3) is 0.200. The third kappa shape index (κ3) is 1.81. The second kappa shape index (κ2) is 5.11. The van der Waals surface area contributed by atoms with Crippen molar-refractivity contribution >= 4 is 28.5 Å². The molecule has 26 heavy (non-hydrogen) atoms. The number of para-hydroxylation sites is 2. The Hall–Kier alpha value is -3.28. The van der Waals surface area contributed by atoms with Crippen LogP contribution in [-0.4, -0.2) is 40.0 Å². The molecule has 0 saturated heterocycles. The summed E-state index contributed by atoms with van der Waals surface area (Å²) in [5, 5.41) is 10.9. The number of nitrogens with one attached hydrogen (secondary N) is 1. The molecule has 2 aromatic carbocycles. The summed E-state index contributed by atoms with van der Waals surface area (Å²) in [6.07, 6.45) is -0.165. The number of rotatable bonds is 1. The van der Waals surface area contributed by atoms with Crippen molar-refractivity contribution in [3.05, 3.63) is 65.4 Å². The van der Waals surface area contributed by atoms with Crippen LogP contribution in [0, 0.1) is 0 Å². The zero-order valence-corrected chi connectivity index (χ0v) is 14.1. The van der Waals surface area contributed by atoms with E-state index in [1.807, 2.05) is 48.3 Å². The van der Waals surface area contributed by atoms with Crippen molar-refractivity contribution in [2.75, 3.05) is 11.9 Å². The number of anilines is 1. The maximum Gasteiger partial charge on any atom is 0.326 e. The van der Waals surface area contributed by atoms with E-state index in [0.717, 1.165) is 27.8 Å². The van der Waals surface area contributed by atoms with Crippen LogP contribution in [0.1, 0.15) is 27.8 Å². The molecular weight excluding hydrogens is 330 g/mol. The fourth-order valence-electron chi connectivity index (χ4n) is 4.33. The maximum absolute atomic E-state index is 13.2. The number of H-pyrrole nitrogens is 1. The summed E-state index contributed by atoms with van der Waals surface area (Å²) in [5.74, 6) is -1.22. The molecule has 1 aromatic heterocycles. The number of aromatic nitrogens is 1. The van der Waals surface area contributed by atoms with Crippen molar-refractivity contribution in [2.45, 2.75) is 18.6 Å². The summed E-state index contributed by atoms with van der Waals surface area (Å²) in [4.78, 5) is 32.1. The van der Waals surface area contributed by atoms with Gasteiger partial charge in [0.25, 0.3) is 5.91 Å². The number of hydrogen-bond acceptors (Lipinski definition) is 3. The Balaban J connectivity index is 1.80. The highest BCUT2D eigenvalue weighted by molar-refractivity contribution is 6.04. The van der Waals surface area contributed by atoms with E-state index in [1.54, 1.807) is 12.1 Å². The first-order chi connectivity index (χ1) is 12.6. The minimum Gasteiger partial charge on any atom is -0.480 e. The van der Waals surface area contributed by atoms with Crippen LogP contribution in [0.2, 0.25) is 0 Å². The van der Waals surface area contributed by atoms with Gasteiger partial charge < -0.3 is 15.0 Å². The quantitative estimate of drug-likeness (QED) is 0.710. The minimum atomic E-state index is -0.980. The van der Waals surface area contributed by atoms with E-state index in [1.165, 1.54) is 4.90 Å². The molecule has 2 unspecified atom stereocenters. The van der Waals surface area contributed by atoms with Gasteiger partial charge in [-0.2, -0.15) is 0 Å². The number of carboxylic acid groups (broad SMARTS) is 1. The van der Waals surface area contributed by atoms with Crippen molar-refractivity contribution in [1.29, 1.82) is 0 Å². The molecule has 6 nitrogen and oxygen atoms in total. The van der Waals surface area contributed by atoms with Crippen molar-refractivity contribution in [3.8, 4) is 0 Å². The second-order valence-electron chi connectivity index (χ2n) is 6.84. The molecular formula is C20H17N3O3. The number of nitrogens with zero attached hydrogens (tertiary/aromatic N) is 2. The highest BCUT2D eigenvalue weighted by Gasteiger charge is 2.48. The van der Waals surface area contributed by atoms with E-state index in [0.29, 0.717) is 12.0 Å². The van der Waals surface area contributed by atoms with E-state index >= 15 is 0 Å². The molecule has 0 saturated carbocycles. The molecule has 1 amide bonds. The third-order valence-corrected chi connectivity index (χ3v) is 5.50. The normalized spacial score (nSPS) is 21.3. The van der Waals surface area contributed by atoms with E-state index in [4.69, 9.17) is 0 Å². The van der Waals surface area contributed by atoms with Crippen LogP contribution in [0.25, 0.3) is 10.9 Å². The van der Waals surface area contributed by atoms with Gasteiger partial charge in [0.2, 0.25) is 0 Å². The number of aliphatic carboxylic acids is 1. The van der Waals surface area contributed by atoms with Crippen molar-refractivity contribution in [2.24, 2.45) is 0 Å². The Morgan fingerprint density at radius 3 is 2.69 bits per heavy atom. The largest absolute Gasteiger partial charge is 0.480 e. The van der Waals surface area contributed by atoms with Crippen molar-refractivity contribution in [3.63, 3.8) is 0 Å². The Kier molecular flexibility index (Phi) is 2.95. The summed E-state index contributed by atoms with van der Waals surface area (Å²) in [7, 11) is 1.91. The molecule has 0 radical (unpaired) electrons. The summed E-state index contributed by atoms with van der Waals surface area (Å²) >= 11 is 0. The van der Waals surface area contributed by atoms with Crippen molar-refractivity contribution < 1.29 is 14.7 Å². The van der Waals surface area contributed by atoms with Gasteiger partial charge >= 0.3 is 5.97 Å². The van der Waals surface area contributed by atoms with Gasteiger partial charge in [0, 0.05) is 24.4 Å². The van der Waals surface area contributed by atoms with Crippen LogP contribution in [0.3, 0.4) is 0 Å². The van der Waals surface area contributed by atoms with Gasteiger partial charge in [0.15, 0.2) is 0 Å². The third-order valence-electron chi connectivity index (χ3n) is 5.50. The van der Waals surface area contributed by atoms with Gasteiger partial charge in [0.05, 0.1) is 16.9 Å². The van der Waals surface area contributed by atoms with Gasteiger partial charge in [-0.25, -0.2) is 4.79 Å². The number of fused-ring (bicyclic) bond motifs is 6. The molecule has 5 rings (SSSR count). The highest BCUT2D eigenvalue weighted by Crippen LogP contribution is 2.44. The topological polar surface area (TPSA) is 76.6 Å². The molecule has 6 heteroatoms. The molecule has 0 bridgehead atoms. The summed E-state index contributed by atoms with van der Waals surface area (Å²) < 4.78 is 0. The molecule has 3 heterocycles. The number of carbonyl (C=O) groups is 2. The monoisotopic (exact) mass is 347 g/mol. The molecule has 0 spiro atoms. The highest BCUT2D eigenvalue weighted by atomic mass is 16.4. The maximum atomic E-state index is 13.2. The zero-order valence-electron chi connectivity index (χ0n) is 14.1. The molecule has 2 atom stereocenters. The Morgan fingerprint density at radius 2 is 1.88 bits per heavy atom. The lowest BCUT2D eigenvalue weighted by Crippen LogP contribution is -2.58. The Morgan fingerprint density at radius 1 is 1.15 bits per heavy atom. The molecule has 130 valence electrons. The van der Waals surface area contributed by atoms with E-state index < -0.39 is 18.2 Å². The molecule has 2 N–H and O–H groups in total. The average Bonchev–Trinajstić information content (AvgIpc) is 3.03. The van der Waals surface area contributed by atoms with Crippen LogP contribution in [0.5, 0.6) is 0 Å². The number of carboxylic acids is 1. The van der Waals surface area contributed by atoms with Crippen LogP contribution in [0.4, 0.5) is 5.69 Å². The van der Waals surface area contributed by atoms with Crippen LogP contribution in [-0.2, 0) is 11.2 Å². The lowest BCUT2D eigenvalue weighted by atomic mass is 9.91.